The lowest BCUT2D eigenvalue weighted by Gasteiger charge is -2.09. The van der Waals surface area contributed by atoms with E-state index in [9.17, 15) is 8.42 Å². The Morgan fingerprint density at radius 2 is 1.81 bits per heavy atom. The molecule has 0 heterocycles. The molecule has 2 aromatic carbocycles. The SMILES string of the molecule is CCNCc1ccc(S(=O)(=O)Nc2cccc(Br)c2)cc1. The molecule has 0 aliphatic rings. The molecule has 0 aliphatic heterocycles. The normalized spacial score (nSPS) is 11.3. The molecule has 0 aliphatic carbocycles. The number of benzene rings is 2. The van der Waals surface area contributed by atoms with E-state index in [4.69, 9.17) is 0 Å². The van der Waals surface area contributed by atoms with Crippen LogP contribution in [0.2, 0.25) is 0 Å². The Kier molecular flexibility index (Phi) is 5.39. The second-order valence-corrected chi connectivity index (χ2v) is 7.14. The van der Waals surface area contributed by atoms with Crippen LogP contribution >= 0.6 is 15.9 Å². The van der Waals surface area contributed by atoms with Crippen molar-refractivity contribution >= 4 is 31.6 Å². The van der Waals surface area contributed by atoms with Crippen molar-refractivity contribution in [2.24, 2.45) is 0 Å². The number of sulfonamides is 1. The van der Waals surface area contributed by atoms with Gasteiger partial charge in [-0.1, -0.05) is 41.1 Å². The second kappa shape index (κ2) is 7.06. The van der Waals surface area contributed by atoms with E-state index in [1.54, 1.807) is 30.3 Å². The lowest BCUT2D eigenvalue weighted by atomic mass is 10.2. The summed E-state index contributed by atoms with van der Waals surface area (Å²) in [5.41, 5.74) is 1.58. The second-order valence-electron chi connectivity index (χ2n) is 4.54. The first kappa shape index (κ1) is 16.0. The summed E-state index contributed by atoms with van der Waals surface area (Å²) < 4.78 is 28.0. The van der Waals surface area contributed by atoms with Crippen molar-refractivity contribution in [1.82, 2.24) is 5.32 Å². The summed E-state index contributed by atoms with van der Waals surface area (Å²) in [5.74, 6) is 0. The van der Waals surface area contributed by atoms with Gasteiger partial charge in [-0.25, -0.2) is 8.42 Å². The van der Waals surface area contributed by atoms with Gasteiger partial charge in [0.25, 0.3) is 10.0 Å². The van der Waals surface area contributed by atoms with E-state index in [1.807, 2.05) is 25.1 Å². The molecule has 21 heavy (non-hydrogen) atoms. The molecule has 112 valence electrons. The van der Waals surface area contributed by atoms with Gasteiger partial charge in [0.15, 0.2) is 0 Å². The maximum atomic E-state index is 12.3. The maximum absolute atomic E-state index is 12.3. The van der Waals surface area contributed by atoms with Crippen molar-refractivity contribution in [3.05, 3.63) is 58.6 Å². The maximum Gasteiger partial charge on any atom is 0.261 e. The fraction of sp³-hybridized carbons (Fsp3) is 0.200. The molecule has 0 amide bonds. The summed E-state index contributed by atoms with van der Waals surface area (Å²) in [5, 5.41) is 3.20. The van der Waals surface area contributed by atoms with Crippen molar-refractivity contribution in [1.29, 1.82) is 0 Å². The predicted octanol–water partition coefficient (Wildman–Crippen LogP) is 3.36. The summed E-state index contributed by atoms with van der Waals surface area (Å²) in [6, 6.07) is 13.9. The number of hydrogen-bond acceptors (Lipinski definition) is 3. The van der Waals surface area contributed by atoms with E-state index >= 15 is 0 Å². The molecular weight excluding hydrogens is 352 g/mol. The van der Waals surface area contributed by atoms with Gasteiger partial charge in [-0.05, 0) is 42.4 Å². The molecule has 2 N–H and O–H groups in total. The van der Waals surface area contributed by atoms with Crippen molar-refractivity contribution < 1.29 is 8.42 Å². The molecular formula is C15H17BrN2O2S. The van der Waals surface area contributed by atoms with Crippen LogP contribution in [0.15, 0.2) is 57.9 Å². The first-order chi connectivity index (χ1) is 10.0. The van der Waals surface area contributed by atoms with Gasteiger partial charge < -0.3 is 5.32 Å². The van der Waals surface area contributed by atoms with E-state index in [2.05, 4.69) is 26.0 Å². The summed E-state index contributed by atoms with van der Waals surface area (Å²) >= 11 is 3.32. The zero-order valence-corrected chi connectivity index (χ0v) is 14.0. The van der Waals surface area contributed by atoms with Gasteiger partial charge in [0.2, 0.25) is 0 Å². The van der Waals surface area contributed by atoms with Crippen LogP contribution in [0, 0.1) is 0 Å². The van der Waals surface area contributed by atoms with Crippen molar-refractivity contribution in [2.75, 3.05) is 11.3 Å². The van der Waals surface area contributed by atoms with Crippen LogP contribution in [0.5, 0.6) is 0 Å². The standard InChI is InChI=1S/C15H17BrN2O2S/c1-2-17-11-12-6-8-15(9-7-12)21(19,20)18-14-5-3-4-13(16)10-14/h3-10,17-18H,2,11H2,1H3. The summed E-state index contributed by atoms with van der Waals surface area (Å²) in [6.07, 6.45) is 0. The average Bonchev–Trinajstić information content (AvgIpc) is 2.45. The lowest BCUT2D eigenvalue weighted by molar-refractivity contribution is 0.601. The van der Waals surface area contributed by atoms with Gasteiger partial charge in [-0.15, -0.1) is 0 Å². The third-order valence-corrected chi connectivity index (χ3v) is 4.78. The molecule has 6 heteroatoms. The molecule has 2 rings (SSSR count). The minimum atomic E-state index is -3.56. The van der Waals surface area contributed by atoms with Gasteiger partial charge >= 0.3 is 0 Å². The third-order valence-electron chi connectivity index (χ3n) is 2.89. The number of hydrogen-bond donors (Lipinski definition) is 2. The van der Waals surface area contributed by atoms with E-state index < -0.39 is 10.0 Å². The van der Waals surface area contributed by atoms with E-state index in [0.29, 0.717) is 5.69 Å². The minimum Gasteiger partial charge on any atom is -0.313 e. The van der Waals surface area contributed by atoms with Crippen LogP contribution in [0.3, 0.4) is 0 Å². The Labute approximate surface area is 133 Å². The average molecular weight is 369 g/mol. The Hall–Kier alpha value is -1.37. The third kappa shape index (κ3) is 4.56. The molecule has 0 bridgehead atoms. The molecule has 4 nitrogen and oxygen atoms in total. The molecule has 0 spiro atoms. The largest absolute Gasteiger partial charge is 0.313 e. The molecule has 0 radical (unpaired) electrons. The molecule has 0 aromatic heterocycles. The van der Waals surface area contributed by atoms with Crippen molar-refractivity contribution in [2.45, 2.75) is 18.4 Å². The molecule has 0 saturated heterocycles. The van der Waals surface area contributed by atoms with Crippen LogP contribution < -0.4 is 10.0 Å². The van der Waals surface area contributed by atoms with Crippen LogP contribution in [0.4, 0.5) is 5.69 Å². The van der Waals surface area contributed by atoms with Crippen LogP contribution in [-0.4, -0.2) is 15.0 Å². The molecule has 0 atom stereocenters. The zero-order chi connectivity index (χ0) is 15.3. The highest BCUT2D eigenvalue weighted by Crippen LogP contribution is 2.20. The first-order valence-corrected chi connectivity index (χ1v) is 8.87. The highest BCUT2D eigenvalue weighted by atomic mass is 79.9. The zero-order valence-electron chi connectivity index (χ0n) is 11.6. The van der Waals surface area contributed by atoms with Crippen LogP contribution in [0.25, 0.3) is 0 Å². The summed E-state index contributed by atoms with van der Waals surface area (Å²) in [7, 11) is -3.56. The number of nitrogens with one attached hydrogen (secondary N) is 2. The Morgan fingerprint density at radius 1 is 1.10 bits per heavy atom. The van der Waals surface area contributed by atoms with E-state index in [1.165, 1.54) is 0 Å². The van der Waals surface area contributed by atoms with Crippen LogP contribution in [-0.2, 0) is 16.6 Å². The molecule has 0 unspecified atom stereocenters. The smallest absolute Gasteiger partial charge is 0.261 e. The van der Waals surface area contributed by atoms with Crippen molar-refractivity contribution in [3.8, 4) is 0 Å². The molecule has 0 saturated carbocycles. The highest BCUT2D eigenvalue weighted by Gasteiger charge is 2.13. The Morgan fingerprint density at radius 3 is 2.43 bits per heavy atom. The lowest BCUT2D eigenvalue weighted by Crippen LogP contribution is -2.14. The minimum absolute atomic E-state index is 0.253. The van der Waals surface area contributed by atoms with Gasteiger partial charge in [0.1, 0.15) is 0 Å². The Bertz CT molecular complexity index is 700. The summed E-state index contributed by atoms with van der Waals surface area (Å²) in [4.78, 5) is 0.253. The monoisotopic (exact) mass is 368 g/mol. The summed E-state index contributed by atoms with van der Waals surface area (Å²) in [6.45, 7) is 3.64. The number of halogens is 1. The van der Waals surface area contributed by atoms with Gasteiger partial charge in [-0.3, -0.25) is 4.72 Å². The van der Waals surface area contributed by atoms with Crippen molar-refractivity contribution in [3.63, 3.8) is 0 Å². The molecule has 2 aromatic rings. The van der Waals surface area contributed by atoms with Crippen LogP contribution in [0.1, 0.15) is 12.5 Å². The van der Waals surface area contributed by atoms with Gasteiger partial charge in [0, 0.05) is 16.7 Å². The fourth-order valence-corrected chi connectivity index (χ4v) is 3.27. The Balaban J connectivity index is 2.15. The quantitative estimate of drug-likeness (QED) is 0.821. The van der Waals surface area contributed by atoms with E-state index in [0.717, 1.165) is 23.1 Å². The topological polar surface area (TPSA) is 58.2 Å². The van der Waals surface area contributed by atoms with Gasteiger partial charge in [-0.2, -0.15) is 0 Å². The van der Waals surface area contributed by atoms with E-state index in [-0.39, 0.29) is 4.90 Å². The first-order valence-electron chi connectivity index (χ1n) is 6.59. The number of anilines is 1. The fourth-order valence-electron chi connectivity index (χ4n) is 1.82. The predicted molar refractivity (Wildman–Crippen MR) is 88.8 cm³/mol. The molecule has 0 fully saturated rings. The highest BCUT2D eigenvalue weighted by molar-refractivity contribution is 9.10. The van der Waals surface area contributed by atoms with Gasteiger partial charge in [0.05, 0.1) is 4.90 Å². The number of rotatable bonds is 6.